The van der Waals surface area contributed by atoms with Crippen LogP contribution in [-0.2, 0) is 62.3 Å². The van der Waals surface area contributed by atoms with Crippen molar-refractivity contribution >= 4 is 11.8 Å². The normalized spacial score (nSPS) is 21.4. The number of hydrogen-bond donors (Lipinski definition) is 1. The van der Waals surface area contributed by atoms with Crippen LogP contribution in [0.25, 0.3) is 0 Å². The van der Waals surface area contributed by atoms with Gasteiger partial charge in [-0.05, 0) is 82.5 Å². The number of ether oxygens (including phenoxy) is 5. The van der Waals surface area contributed by atoms with Crippen LogP contribution in [0.5, 0.6) is 0 Å². The Kier molecular flexibility index (Phi) is 13.9. The molecule has 6 aromatic carbocycles. The van der Waals surface area contributed by atoms with E-state index in [0.29, 0.717) is 30.1 Å². The largest absolute Gasteiger partial charge is 0.374 e. The first-order chi connectivity index (χ1) is 29.5. The van der Waals surface area contributed by atoms with Crippen molar-refractivity contribution < 1.29 is 28.8 Å². The molecule has 0 spiro atoms. The molecule has 1 aliphatic carbocycles. The van der Waals surface area contributed by atoms with Gasteiger partial charge in [0.2, 0.25) is 5.79 Å². The third-order valence-corrected chi connectivity index (χ3v) is 12.1. The van der Waals surface area contributed by atoms with Gasteiger partial charge in [0, 0.05) is 10.5 Å². The average Bonchev–Trinajstić information content (AvgIpc) is 4.15. The van der Waals surface area contributed by atoms with Gasteiger partial charge in [0.05, 0.1) is 38.6 Å². The molecule has 0 unspecified atom stereocenters. The monoisotopic (exact) mass is 817 g/mol. The molecule has 2 aliphatic rings. The summed E-state index contributed by atoms with van der Waals surface area (Å²) in [7, 11) is 0. The van der Waals surface area contributed by atoms with Gasteiger partial charge in [-0.15, -0.1) is 11.8 Å². The minimum absolute atomic E-state index is 0.0964. The maximum atomic E-state index is 13.5. The Balaban J connectivity index is 1.22. The molecule has 1 heterocycles. The first-order valence-electron chi connectivity index (χ1n) is 20.7. The van der Waals surface area contributed by atoms with Gasteiger partial charge in [-0.25, -0.2) is 0 Å². The zero-order chi connectivity index (χ0) is 41.2. The Morgan fingerprint density at radius 2 is 1.17 bits per heavy atom. The van der Waals surface area contributed by atoms with Gasteiger partial charge < -0.3 is 28.8 Å². The molecule has 1 aliphatic heterocycles. The fourth-order valence-corrected chi connectivity index (χ4v) is 8.56. The molecule has 0 amide bonds. The van der Waals surface area contributed by atoms with E-state index in [0.717, 1.165) is 38.3 Å². The Bertz CT molecular complexity index is 2300. The smallest absolute Gasteiger partial charge is 0.222 e. The van der Waals surface area contributed by atoms with Crippen molar-refractivity contribution in [3.8, 4) is 6.07 Å². The highest BCUT2D eigenvalue weighted by Gasteiger charge is 2.57. The fraction of sp³-hybridized carbons (Fsp3) is 0.288. The van der Waals surface area contributed by atoms with Gasteiger partial charge in [0.1, 0.15) is 30.5 Å². The summed E-state index contributed by atoms with van der Waals surface area (Å²) >= 11 is 1.46. The van der Waals surface area contributed by atoms with E-state index in [-0.39, 0.29) is 26.4 Å². The lowest BCUT2D eigenvalue weighted by molar-refractivity contribution is -0.378. The lowest BCUT2D eigenvalue weighted by atomic mass is 9.85. The summed E-state index contributed by atoms with van der Waals surface area (Å²) in [6.45, 7) is 1.12. The molecule has 5 atom stereocenters. The van der Waals surface area contributed by atoms with Crippen molar-refractivity contribution in [3.05, 3.63) is 208 Å². The minimum atomic E-state index is -2.06. The molecular weight excluding hydrogens is 767 g/mol. The van der Waals surface area contributed by atoms with E-state index in [1.807, 2.05) is 140 Å². The van der Waals surface area contributed by atoms with Crippen molar-refractivity contribution in [2.24, 2.45) is 0 Å². The number of nitrogens with zero attached hydrogens (tertiary/aromatic N) is 1. The molecule has 0 bridgehead atoms. The molecule has 2 fully saturated rings. The zero-order valence-electron chi connectivity index (χ0n) is 33.9. The summed E-state index contributed by atoms with van der Waals surface area (Å²) < 4.78 is 34.1. The summed E-state index contributed by atoms with van der Waals surface area (Å²) in [6, 6.07) is 54.8. The van der Waals surface area contributed by atoms with E-state index in [4.69, 9.17) is 23.7 Å². The first-order valence-corrected chi connectivity index (χ1v) is 21.9. The number of thioether (sulfide) groups is 1. The molecule has 8 heteroatoms. The number of rotatable bonds is 18. The highest BCUT2D eigenvalue weighted by atomic mass is 32.2. The van der Waals surface area contributed by atoms with Crippen molar-refractivity contribution in [1.82, 2.24) is 0 Å². The molecule has 1 saturated heterocycles. The third kappa shape index (κ3) is 10.3. The highest BCUT2D eigenvalue weighted by molar-refractivity contribution is 7.98. The van der Waals surface area contributed by atoms with E-state index in [1.54, 1.807) is 0 Å². The molecule has 8 rings (SSSR count). The van der Waals surface area contributed by atoms with Crippen molar-refractivity contribution in [2.45, 2.75) is 86.7 Å². The highest BCUT2D eigenvalue weighted by Crippen LogP contribution is 2.44. The quantitative estimate of drug-likeness (QED) is 0.0858. The van der Waals surface area contributed by atoms with Crippen LogP contribution >= 0.6 is 11.8 Å². The molecule has 0 radical (unpaired) electrons. The van der Waals surface area contributed by atoms with E-state index < -0.39 is 30.2 Å². The second-order valence-electron chi connectivity index (χ2n) is 15.6. The Morgan fingerprint density at radius 3 is 1.68 bits per heavy atom. The van der Waals surface area contributed by atoms with Crippen LogP contribution in [0.2, 0.25) is 0 Å². The molecule has 60 heavy (non-hydrogen) atoms. The van der Waals surface area contributed by atoms with Gasteiger partial charge >= 0.3 is 0 Å². The Labute approximate surface area is 357 Å². The summed E-state index contributed by atoms with van der Waals surface area (Å²) in [5.41, 5.74) is 8.15. The van der Waals surface area contributed by atoms with Crippen LogP contribution in [-0.4, -0.2) is 42.4 Å². The molecule has 1 saturated carbocycles. The second-order valence-corrected chi connectivity index (χ2v) is 16.5. The first kappa shape index (κ1) is 41.6. The van der Waals surface area contributed by atoms with E-state index in [1.165, 1.54) is 30.2 Å². The van der Waals surface area contributed by atoms with E-state index in [9.17, 15) is 10.4 Å². The maximum Gasteiger partial charge on any atom is 0.222 e. The predicted molar refractivity (Wildman–Crippen MR) is 234 cm³/mol. The topological polar surface area (TPSA) is 90.2 Å². The number of aliphatic hydroxyl groups is 1. The van der Waals surface area contributed by atoms with Crippen LogP contribution in [0.15, 0.2) is 163 Å². The summed E-state index contributed by atoms with van der Waals surface area (Å²) in [4.78, 5) is 0.736. The molecule has 1 N–H and O–H groups in total. The van der Waals surface area contributed by atoms with Gasteiger partial charge in [0.15, 0.2) is 0 Å². The third-order valence-electron chi connectivity index (χ3n) is 11.3. The fourth-order valence-electron chi connectivity index (χ4n) is 7.94. The predicted octanol–water partition coefficient (Wildman–Crippen LogP) is 10.3. The SMILES string of the molecule is CSc1cc([C@]2(O)O[C@H](COCc3ccccc3)[C@@H](OCc3ccccc3)[C@H](OCc3ccccc3)[C@H]2OCc2ccccc2)cc(Cc2ccc(C3CC3)cc2)c1C#N. The molecule has 0 aromatic heterocycles. The molecular formula is C52H51NO6S. The van der Waals surface area contributed by atoms with Gasteiger partial charge in [-0.1, -0.05) is 146 Å². The van der Waals surface area contributed by atoms with Crippen LogP contribution in [0.3, 0.4) is 0 Å². The number of nitriles is 1. The molecule has 6 aromatic rings. The lowest BCUT2D eigenvalue weighted by Crippen LogP contribution is -2.65. The van der Waals surface area contributed by atoms with Crippen LogP contribution < -0.4 is 0 Å². The van der Waals surface area contributed by atoms with Crippen LogP contribution in [0, 0.1) is 11.3 Å². The average molecular weight is 818 g/mol. The van der Waals surface area contributed by atoms with E-state index >= 15 is 0 Å². The van der Waals surface area contributed by atoms with Crippen molar-refractivity contribution in [3.63, 3.8) is 0 Å². The van der Waals surface area contributed by atoms with Crippen LogP contribution in [0.1, 0.15) is 68.8 Å². The summed E-state index contributed by atoms with van der Waals surface area (Å²) in [6.07, 6.45) is 1.46. The van der Waals surface area contributed by atoms with Crippen LogP contribution in [0.4, 0.5) is 0 Å². The molecule has 306 valence electrons. The van der Waals surface area contributed by atoms with E-state index in [2.05, 4.69) is 30.3 Å². The Morgan fingerprint density at radius 1 is 0.650 bits per heavy atom. The second kappa shape index (κ2) is 20.0. The minimum Gasteiger partial charge on any atom is -0.374 e. The van der Waals surface area contributed by atoms with Crippen molar-refractivity contribution in [1.29, 1.82) is 5.26 Å². The maximum absolute atomic E-state index is 13.5. The van der Waals surface area contributed by atoms with Gasteiger partial charge in [-0.3, -0.25) is 0 Å². The standard InChI is InChI=1S/C52H51NO6S/c1-60-48-30-45(29-44(46(48)31-53)28-37-22-24-42(25-23-37)43-26-27-43)52(54)51(58-35-41-20-12-5-13-21-41)50(57-34-40-18-10-4-11-19-40)49(56-33-39-16-8-3-9-17-39)47(59-52)36-55-32-38-14-6-2-7-15-38/h2-25,29-30,43,47,49-51,54H,26-28,32-36H2,1H3/t47-,49-,50+,51-,52+/m1/s1. The summed E-state index contributed by atoms with van der Waals surface area (Å²) in [5, 5.41) is 24.1. The lowest BCUT2D eigenvalue weighted by Gasteiger charge is -2.50. The van der Waals surface area contributed by atoms with Gasteiger partial charge in [0.25, 0.3) is 0 Å². The van der Waals surface area contributed by atoms with Gasteiger partial charge in [-0.2, -0.15) is 5.26 Å². The number of benzene rings is 6. The summed E-state index contributed by atoms with van der Waals surface area (Å²) in [5.74, 6) is -1.42. The Hall–Kier alpha value is -5.08. The van der Waals surface area contributed by atoms with Crippen molar-refractivity contribution in [2.75, 3.05) is 12.9 Å². The zero-order valence-corrected chi connectivity index (χ0v) is 34.7. The molecule has 7 nitrogen and oxygen atoms in total. The number of hydrogen-bond acceptors (Lipinski definition) is 8.